The van der Waals surface area contributed by atoms with Crippen LogP contribution in [0.25, 0.3) is 0 Å². The summed E-state index contributed by atoms with van der Waals surface area (Å²) in [6, 6.07) is 4.04. The van der Waals surface area contributed by atoms with Gasteiger partial charge in [-0.2, -0.15) is 13.2 Å². The molecule has 1 N–H and O–H groups in total. The molecule has 0 bridgehead atoms. The molecule has 2 rings (SSSR count). The summed E-state index contributed by atoms with van der Waals surface area (Å²) in [7, 11) is 1.42. The molecule has 2 aromatic rings. The highest BCUT2D eigenvalue weighted by Gasteiger charge is 2.31. The summed E-state index contributed by atoms with van der Waals surface area (Å²) in [6.07, 6.45) is -2.52. The van der Waals surface area contributed by atoms with Gasteiger partial charge in [-0.3, -0.25) is 4.79 Å². The van der Waals surface area contributed by atoms with Crippen LogP contribution in [0.3, 0.4) is 0 Å². The lowest BCUT2D eigenvalue weighted by Crippen LogP contribution is -2.30. The van der Waals surface area contributed by atoms with Crippen molar-refractivity contribution in [3.63, 3.8) is 0 Å². The first-order valence-corrected chi connectivity index (χ1v) is 7.11. The molecule has 0 aliphatic carbocycles. The van der Waals surface area contributed by atoms with E-state index < -0.39 is 29.7 Å². The minimum absolute atomic E-state index is 0.105. The predicted octanol–water partition coefficient (Wildman–Crippen LogP) is 3.03. The number of hydrogen-bond acceptors (Lipinski definition) is 4. The second-order valence-corrected chi connectivity index (χ2v) is 5.31. The van der Waals surface area contributed by atoms with Gasteiger partial charge in [0.15, 0.2) is 5.69 Å². The molecule has 1 atom stereocenters. The van der Waals surface area contributed by atoms with Crippen LogP contribution in [0.2, 0.25) is 0 Å². The van der Waals surface area contributed by atoms with Crippen molar-refractivity contribution in [2.24, 2.45) is 0 Å². The predicted molar refractivity (Wildman–Crippen MR) is 80.9 cm³/mol. The largest absolute Gasteiger partial charge is 0.476 e. The molecule has 25 heavy (non-hydrogen) atoms. The molecule has 9 heteroatoms. The second kappa shape index (κ2) is 6.88. The molecule has 0 aliphatic heterocycles. The fraction of sp³-hybridized carbons (Fsp3) is 0.250. The third-order valence-electron chi connectivity index (χ3n) is 3.69. The van der Waals surface area contributed by atoms with Gasteiger partial charge in [0, 0.05) is 7.05 Å². The topological polar surface area (TPSA) is 83.4 Å². The Morgan fingerprint density at radius 1 is 1.16 bits per heavy atom. The van der Waals surface area contributed by atoms with Crippen molar-refractivity contribution in [1.29, 1.82) is 0 Å². The maximum atomic E-state index is 12.8. The van der Waals surface area contributed by atoms with Crippen molar-refractivity contribution in [1.82, 2.24) is 14.9 Å². The molecule has 0 radical (unpaired) electrons. The van der Waals surface area contributed by atoms with Crippen molar-refractivity contribution >= 4 is 11.9 Å². The highest BCUT2D eigenvalue weighted by Crippen LogP contribution is 2.31. The number of halogens is 3. The Balaban J connectivity index is 2.23. The molecule has 0 saturated heterocycles. The van der Waals surface area contributed by atoms with Gasteiger partial charge >= 0.3 is 12.1 Å². The summed E-state index contributed by atoms with van der Waals surface area (Å²) in [4.78, 5) is 31.7. The number of rotatable bonds is 4. The maximum Gasteiger partial charge on any atom is 0.416 e. The van der Waals surface area contributed by atoms with E-state index in [-0.39, 0.29) is 11.4 Å². The minimum Gasteiger partial charge on any atom is -0.476 e. The van der Waals surface area contributed by atoms with Crippen molar-refractivity contribution in [2.75, 3.05) is 7.05 Å². The summed E-state index contributed by atoms with van der Waals surface area (Å²) in [5.74, 6) is -1.87. The van der Waals surface area contributed by atoms with E-state index >= 15 is 0 Å². The van der Waals surface area contributed by atoms with E-state index in [1.807, 2.05) is 0 Å². The summed E-state index contributed by atoms with van der Waals surface area (Å²) in [6.45, 7) is 1.58. The van der Waals surface area contributed by atoms with Crippen molar-refractivity contribution in [2.45, 2.75) is 19.1 Å². The lowest BCUT2D eigenvalue weighted by molar-refractivity contribution is -0.137. The molecule has 1 aromatic carbocycles. The van der Waals surface area contributed by atoms with Crippen LogP contribution in [-0.4, -0.2) is 38.9 Å². The lowest BCUT2D eigenvalue weighted by atomic mass is 10.0. The van der Waals surface area contributed by atoms with Gasteiger partial charge in [0.2, 0.25) is 0 Å². The number of carboxylic acid groups (broad SMARTS) is 1. The second-order valence-electron chi connectivity index (χ2n) is 5.31. The number of amides is 1. The molecule has 1 aromatic heterocycles. The first kappa shape index (κ1) is 18.4. The van der Waals surface area contributed by atoms with Gasteiger partial charge in [-0.25, -0.2) is 14.8 Å². The number of nitrogens with zero attached hydrogens (tertiary/aromatic N) is 3. The van der Waals surface area contributed by atoms with Crippen molar-refractivity contribution < 1.29 is 27.9 Å². The van der Waals surface area contributed by atoms with E-state index in [0.29, 0.717) is 5.56 Å². The molecular weight excluding hydrogens is 339 g/mol. The van der Waals surface area contributed by atoms with Crippen LogP contribution < -0.4 is 0 Å². The smallest absolute Gasteiger partial charge is 0.416 e. The zero-order valence-electron chi connectivity index (χ0n) is 13.3. The number of alkyl halides is 3. The number of aromatic carboxylic acids is 1. The average Bonchev–Trinajstić information content (AvgIpc) is 2.59. The zero-order valence-corrected chi connectivity index (χ0v) is 13.3. The summed E-state index contributed by atoms with van der Waals surface area (Å²) < 4.78 is 38.4. The highest BCUT2D eigenvalue weighted by atomic mass is 19.4. The van der Waals surface area contributed by atoms with E-state index in [1.54, 1.807) is 6.92 Å². The van der Waals surface area contributed by atoms with Crippen molar-refractivity contribution in [3.05, 3.63) is 59.2 Å². The van der Waals surface area contributed by atoms with E-state index in [4.69, 9.17) is 5.11 Å². The molecule has 0 aliphatic rings. The van der Waals surface area contributed by atoms with Gasteiger partial charge in [-0.05, 0) is 24.6 Å². The molecule has 1 heterocycles. The quantitative estimate of drug-likeness (QED) is 0.913. The minimum atomic E-state index is -4.48. The molecule has 1 unspecified atom stereocenters. The Morgan fingerprint density at radius 2 is 1.76 bits per heavy atom. The molecule has 6 nitrogen and oxygen atoms in total. The molecule has 1 amide bonds. The van der Waals surface area contributed by atoms with Gasteiger partial charge in [0.05, 0.1) is 24.0 Å². The third-order valence-corrected chi connectivity index (χ3v) is 3.69. The van der Waals surface area contributed by atoms with Crippen LogP contribution in [0.4, 0.5) is 13.2 Å². The fourth-order valence-corrected chi connectivity index (χ4v) is 2.10. The van der Waals surface area contributed by atoms with Gasteiger partial charge in [0.1, 0.15) is 5.69 Å². The van der Waals surface area contributed by atoms with Gasteiger partial charge in [-0.1, -0.05) is 12.1 Å². The van der Waals surface area contributed by atoms with Crippen LogP contribution in [0.5, 0.6) is 0 Å². The number of carbonyl (C=O) groups excluding carboxylic acids is 1. The maximum absolute atomic E-state index is 12.8. The highest BCUT2D eigenvalue weighted by molar-refractivity contribution is 5.92. The summed E-state index contributed by atoms with van der Waals surface area (Å²) in [5, 5.41) is 8.76. The van der Waals surface area contributed by atoms with Crippen LogP contribution in [0.15, 0.2) is 36.7 Å². The number of hydrogen-bond donors (Lipinski definition) is 1. The average molecular weight is 353 g/mol. The zero-order chi connectivity index (χ0) is 18.8. The van der Waals surface area contributed by atoms with Crippen LogP contribution in [0, 0.1) is 0 Å². The Morgan fingerprint density at radius 3 is 2.28 bits per heavy atom. The summed E-state index contributed by atoms with van der Waals surface area (Å²) >= 11 is 0. The normalized spacial score (nSPS) is 12.5. The van der Waals surface area contributed by atoms with E-state index in [0.717, 1.165) is 24.5 Å². The fourth-order valence-electron chi connectivity index (χ4n) is 2.10. The van der Waals surface area contributed by atoms with E-state index in [9.17, 15) is 22.8 Å². The third kappa shape index (κ3) is 4.11. The monoisotopic (exact) mass is 353 g/mol. The van der Waals surface area contributed by atoms with Gasteiger partial charge in [-0.15, -0.1) is 0 Å². The Hall–Kier alpha value is -2.97. The molecule has 0 fully saturated rings. The Labute approximate surface area is 140 Å². The van der Waals surface area contributed by atoms with Crippen LogP contribution in [-0.2, 0) is 6.18 Å². The molecule has 0 saturated carbocycles. The SMILES string of the molecule is CC(c1cccc(C(F)(F)F)c1)N(C)C(=O)c1cnc(C(=O)O)cn1. The van der Waals surface area contributed by atoms with Crippen LogP contribution >= 0.6 is 0 Å². The van der Waals surface area contributed by atoms with E-state index in [1.165, 1.54) is 24.1 Å². The van der Waals surface area contributed by atoms with Gasteiger partial charge in [0.25, 0.3) is 5.91 Å². The lowest BCUT2D eigenvalue weighted by Gasteiger charge is -2.25. The first-order chi connectivity index (χ1) is 11.6. The molecular formula is C16H14F3N3O3. The number of aromatic nitrogens is 2. The first-order valence-electron chi connectivity index (χ1n) is 7.11. The Kier molecular flexibility index (Phi) is 5.05. The Bertz CT molecular complexity index is 791. The van der Waals surface area contributed by atoms with E-state index in [2.05, 4.69) is 9.97 Å². The molecule has 0 spiro atoms. The number of carbonyl (C=O) groups is 2. The van der Waals surface area contributed by atoms with Crippen LogP contribution in [0.1, 0.15) is 45.1 Å². The summed E-state index contributed by atoms with van der Waals surface area (Å²) in [5.41, 5.74) is -0.916. The number of carboxylic acids is 1. The number of benzene rings is 1. The molecule has 132 valence electrons. The van der Waals surface area contributed by atoms with Gasteiger partial charge < -0.3 is 10.0 Å². The standard InChI is InChI=1S/C16H14F3N3O3/c1-9(10-4-3-5-11(6-10)16(17,18)19)22(2)14(23)12-7-21-13(8-20-12)15(24)25/h3-9H,1-2H3,(H,24,25). The van der Waals surface area contributed by atoms with Crippen molar-refractivity contribution in [3.8, 4) is 0 Å².